The predicted molar refractivity (Wildman–Crippen MR) is 70.7 cm³/mol. The van der Waals surface area contributed by atoms with Crippen LogP contribution in [0.3, 0.4) is 0 Å². The van der Waals surface area contributed by atoms with Crippen molar-refractivity contribution in [1.29, 1.82) is 0 Å². The number of nitrogens with zero attached hydrogens (tertiary/aromatic N) is 1. The van der Waals surface area contributed by atoms with E-state index in [0.29, 0.717) is 6.61 Å². The summed E-state index contributed by atoms with van der Waals surface area (Å²) in [6.45, 7) is 4.46. The summed E-state index contributed by atoms with van der Waals surface area (Å²) in [5, 5.41) is 10.7. The summed E-state index contributed by atoms with van der Waals surface area (Å²) in [4.78, 5) is 2.43. The van der Waals surface area contributed by atoms with Crippen LogP contribution in [0.2, 0.25) is 0 Å². The Morgan fingerprint density at radius 1 is 1.33 bits per heavy atom. The molecule has 18 heavy (non-hydrogen) atoms. The van der Waals surface area contributed by atoms with Gasteiger partial charge in [0.2, 0.25) is 0 Å². The van der Waals surface area contributed by atoms with Crippen LogP contribution in [-0.2, 0) is 5.60 Å². The van der Waals surface area contributed by atoms with Gasteiger partial charge in [-0.2, -0.15) is 0 Å². The first-order chi connectivity index (χ1) is 8.71. The molecule has 3 heteroatoms. The summed E-state index contributed by atoms with van der Waals surface area (Å²) >= 11 is 0. The third kappa shape index (κ3) is 2.25. The number of hydrogen-bond acceptors (Lipinski definition) is 3. The molecule has 1 N–H and O–H groups in total. The second-order valence-corrected chi connectivity index (χ2v) is 5.44. The first-order valence-electron chi connectivity index (χ1n) is 6.91. The lowest BCUT2D eigenvalue weighted by atomic mass is 9.93. The van der Waals surface area contributed by atoms with Gasteiger partial charge in [0.1, 0.15) is 11.4 Å². The maximum absolute atomic E-state index is 10.7. The summed E-state index contributed by atoms with van der Waals surface area (Å²) in [5.41, 5.74) is 0.363. The van der Waals surface area contributed by atoms with E-state index in [1.807, 2.05) is 31.2 Å². The van der Waals surface area contributed by atoms with E-state index >= 15 is 0 Å². The second kappa shape index (κ2) is 4.56. The molecular formula is C15H21NO2. The molecule has 1 aliphatic carbocycles. The van der Waals surface area contributed by atoms with Crippen LogP contribution in [0.5, 0.6) is 5.75 Å². The van der Waals surface area contributed by atoms with Crippen molar-refractivity contribution in [3.05, 3.63) is 29.8 Å². The van der Waals surface area contributed by atoms with Gasteiger partial charge in [-0.3, -0.25) is 4.90 Å². The minimum atomic E-state index is -0.659. The number of ether oxygens (including phenoxy) is 1. The number of benzene rings is 1. The number of β-amino-alcohol motifs (C(OH)–C–C–N with tert-alkyl or cyclic N) is 1. The van der Waals surface area contributed by atoms with Gasteiger partial charge in [0.25, 0.3) is 0 Å². The molecule has 0 amide bonds. The maximum Gasteiger partial charge on any atom is 0.119 e. The zero-order valence-corrected chi connectivity index (χ0v) is 10.9. The van der Waals surface area contributed by atoms with Gasteiger partial charge in [-0.05, 0) is 43.9 Å². The summed E-state index contributed by atoms with van der Waals surface area (Å²) < 4.78 is 5.43. The molecule has 1 unspecified atom stereocenters. The first kappa shape index (κ1) is 12.0. The highest BCUT2D eigenvalue weighted by Gasteiger charge is 2.42. The van der Waals surface area contributed by atoms with Crippen molar-refractivity contribution in [3.8, 4) is 5.75 Å². The van der Waals surface area contributed by atoms with Gasteiger partial charge in [-0.25, -0.2) is 0 Å². The lowest BCUT2D eigenvalue weighted by Gasteiger charge is -2.24. The van der Waals surface area contributed by atoms with Crippen LogP contribution in [0.1, 0.15) is 31.7 Å². The van der Waals surface area contributed by atoms with Crippen LogP contribution in [0.25, 0.3) is 0 Å². The molecule has 3 rings (SSSR count). The summed E-state index contributed by atoms with van der Waals surface area (Å²) in [6, 6.07) is 8.65. The van der Waals surface area contributed by atoms with Gasteiger partial charge in [-0.15, -0.1) is 0 Å². The topological polar surface area (TPSA) is 32.7 Å². The fourth-order valence-electron chi connectivity index (χ4n) is 2.84. The van der Waals surface area contributed by atoms with E-state index < -0.39 is 5.60 Å². The van der Waals surface area contributed by atoms with Crippen molar-refractivity contribution in [2.24, 2.45) is 0 Å². The molecule has 0 spiro atoms. The fraction of sp³-hybridized carbons (Fsp3) is 0.600. The van der Waals surface area contributed by atoms with Gasteiger partial charge in [0, 0.05) is 19.1 Å². The van der Waals surface area contributed by atoms with Crippen molar-refractivity contribution < 1.29 is 9.84 Å². The standard InChI is InChI=1S/C15H21NO2/c1-2-18-14-7-3-12(4-8-14)15(17)9-10-16(11-15)13-5-6-13/h3-4,7-8,13,17H,2,5-6,9-11H2,1H3. The molecule has 2 fully saturated rings. The number of aliphatic hydroxyl groups is 1. The molecule has 0 radical (unpaired) electrons. The smallest absolute Gasteiger partial charge is 0.119 e. The Labute approximate surface area is 108 Å². The van der Waals surface area contributed by atoms with E-state index in [0.717, 1.165) is 36.9 Å². The van der Waals surface area contributed by atoms with Gasteiger partial charge in [-0.1, -0.05) is 12.1 Å². The van der Waals surface area contributed by atoms with Gasteiger partial charge >= 0.3 is 0 Å². The fourth-order valence-corrected chi connectivity index (χ4v) is 2.84. The van der Waals surface area contributed by atoms with Crippen molar-refractivity contribution in [2.45, 2.75) is 37.8 Å². The molecule has 1 atom stereocenters. The zero-order valence-electron chi connectivity index (χ0n) is 10.9. The Balaban J connectivity index is 1.72. The van der Waals surface area contributed by atoms with Gasteiger partial charge in [0.15, 0.2) is 0 Å². The van der Waals surface area contributed by atoms with E-state index in [4.69, 9.17) is 4.74 Å². The summed E-state index contributed by atoms with van der Waals surface area (Å²) in [6.07, 6.45) is 3.45. The van der Waals surface area contributed by atoms with E-state index in [2.05, 4.69) is 4.90 Å². The second-order valence-electron chi connectivity index (χ2n) is 5.44. The highest BCUT2D eigenvalue weighted by atomic mass is 16.5. The minimum Gasteiger partial charge on any atom is -0.494 e. The Kier molecular flexibility index (Phi) is 3.04. The molecule has 98 valence electrons. The van der Waals surface area contributed by atoms with Crippen molar-refractivity contribution in [2.75, 3.05) is 19.7 Å². The summed E-state index contributed by atoms with van der Waals surface area (Å²) in [5.74, 6) is 0.877. The average Bonchev–Trinajstić information content (AvgIpc) is 3.15. The third-order valence-electron chi connectivity index (χ3n) is 4.04. The monoisotopic (exact) mass is 247 g/mol. The third-order valence-corrected chi connectivity index (χ3v) is 4.04. The predicted octanol–water partition coefficient (Wildman–Crippen LogP) is 2.14. The van der Waals surface area contributed by atoms with E-state index in [9.17, 15) is 5.11 Å². The van der Waals surface area contributed by atoms with Crippen molar-refractivity contribution >= 4 is 0 Å². The normalized spacial score (nSPS) is 28.6. The Bertz CT molecular complexity index is 413. The van der Waals surface area contributed by atoms with E-state index in [1.165, 1.54) is 12.8 Å². The van der Waals surface area contributed by atoms with Gasteiger partial charge in [0.05, 0.1) is 6.61 Å². The molecule has 3 nitrogen and oxygen atoms in total. The molecule has 2 aliphatic rings. The highest BCUT2D eigenvalue weighted by molar-refractivity contribution is 5.32. The van der Waals surface area contributed by atoms with Crippen LogP contribution < -0.4 is 4.74 Å². The Morgan fingerprint density at radius 3 is 2.67 bits per heavy atom. The molecule has 1 saturated heterocycles. The first-order valence-corrected chi connectivity index (χ1v) is 6.91. The van der Waals surface area contributed by atoms with Crippen LogP contribution in [-0.4, -0.2) is 35.7 Å². The van der Waals surface area contributed by atoms with Crippen LogP contribution in [0.4, 0.5) is 0 Å². The van der Waals surface area contributed by atoms with Crippen LogP contribution in [0, 0.1) is 0 Å². The maximum atomic E-state index is 10.7. The largest absolute Gasteiger partial charge is 0.494 e. The Hall–Kier alpha value is -1.06. The van der Waals surface area contributed by atoms with E-state index in [1.54, 1.807) is 0 Å². The number of rotatable bonds is 4. The van der Waals surface area contributed by atoms with Crippen LogP contribution >= 0.6 is 0 Å². The molecule has 1 aromatic carbocycles. The molecule has 0 bridgehead atoms. The van der Waals surface area contributed by atoms with Crippen molar-refractivity contribution in [1.82, 2.24) is 4.90 Å². The number of likely N-dealkylation sites (tertiary alicyclic amines) is 1. The van der Waals surface area contributed by atoms with Gasteiger partial charge < -0.3 is 9.84 Å². The Morgan fingerprint density at radius 2 is 2.06 bits per heavy atom. The van der Waals surface area contributed by atoms with Crippen LogP contribution in [0.15, 0.2) is 24.3 Å². The molecule has 1 saturated carbocycles. The molecule has 1 aliphatic heterocycles. The minimum absolute atomic E-state index is 0.659. The van der Waals surface area contributed by atoms with Crippen molar-refractivity contribution in [3.63, 3.8) is 0 Å². The highest BCUT2D eigenvalue weighted by Crippen LogP contribution is 2.38. The van der Waals surface area contributed by atoms with E-state index in [-0.39, 0.29) is 0 Å². The quantitative estimate of drug-likeness (QED) is 0.885. The zero-order chi connectivity index (χ0) is 12.6. The number of hydrogen-bond donors (Lipinski definition) is 1. The summed E-state index contributed by atoms with van der Waals surface area (Å²) in [7, 11) is 0. The molecular weight excluding hydrogens is 226 g/mol. The molecule has 1 heterocycles. The molecule has 1 aromatic rings. The molecule has 0 aromatic heterocycles. The lowest BCUT2D eigenvalue weighted by molar-refractivity contribution is 0.0451. The lowest BCUT2D eigenvalue weighted by Crippen LogP contribution is -2.31. The average molecular weight is 247 g/mol. The SMILES string of the molecule is CCOc1ccc(C2(O)CCN(C3CC3)C2)cc1.